The predicted molar refractivity (Wildman–Crippen MR) is 92.7 cm³/mol. The van der Waals surface area contributed by atoms with Crippen LogP contribution in [0.25, 0.3) is 0 Å². The fourth-order valence-electron chi connectivity index (χ4n) is 2.26. The van der Waals surface area contributed by atoms with E-state index < -0.39 is 46.5 Å². The molecule has 1 rings (SSSR count). The van der Waals surface area contributed by atoms with Crippen molar-refractivity contribution < 1.29 is 50.5 Å². The second-order valence-corrected chi connectivity index (χ2v) is 7.76. The van der Waals surface area contributed by atoms with Gasteiger partial charge in [0.15, 0.2) is 5.60 Å². The zero-order valence-electron chi connectivity index (χ0n) is 16.9. The van der Waals surface area contributed by atoms with Crippen LogP contribution >= 0.6 is 0 Å². The first-order valence-corrected chi connectivity index (χ1v) is 8.71. The Bertz CT molecular complexity index is 764. The summed E-state index contributed by atoms with van der Waals surface area (Å²) in [7, 11) is 0. The van der Waals surface area contributed by atoms with E-state index in [0.717, 1.165) is 24.3 Å². The van der Waals surface area contributed by atoms with Crippen molar-refractivity contribution in [2.24, 2.45) is 5.41 Å². The van der Waals surface area contributed by atoms with Crippen molar-refractivity contribution in [3.05, 3.63) is 29.8 Å². The molecule has 5 nitrogen and oxygen atoms in total. The van der Waals surface area contributed by atoms with Gasteiger partial charge in [-0.1, -0.05) is 6.92 Å². The Kier molecular flexibility index (Phi) is 6.94. The average molecular weight is 444 g/mol. The number of hydrogen-bond donors (Lipinski definition) is 1. The number of rotatable bonds is 6. The van der Waals surface area contributed by atoms with Gasteiger partial charge in [0.2, 0.25) is 0 Å². The fourth-order valence-corrected chi connectivity index (χ4v) is 2.26. The van der Waals surface area contributed by atoms with Crippen LogP contribution in [-0.4, -0.2) is 40.6 Å². The van der Waals surface area contributed by atoms with E-state index in [1.165, 1.54) is 0 Å². The molecule has 0 heterocycles. The van der Waals surface area contributed by atoms with Crippen LogP contribution in [0.3, 0.4) is 0 Å². The van der Waals surface area contributed by atoms with Crippen LogP contribution in [0.1, 0.15) is 51.4 Å². The highest BCUT2D eigenvalue weighted by atomic mass is 19.4. The third kappa shape index (κ3) is 4.88. The quantitative estimate of drug-likeness (QED) is 0.387. The first-order valence-electron chi connectivity index (χ1n) is 8.71. The molecular formula is C19H22F6O5. The van der Waals surface area contributed by atoms with Crippen molar-refractivity contribution in [1.82, 2.24) is 0 Å². The zero-order valence-corrected chi connectivity index (χ0v) is 16.9. The van der Waals surface area contributed by atoms with E-state index in [1.807, 2.05) is 0 Å². The van der Waals surface area contributed by atoms with Gasteiger partial charge < -0.3 is 14.6 Å². The molecule has 0 spiro atoms. The molecule has 0 bridgehead atoms. The smallest absolute Gasteiger partial charge is 0.430 e. The predicted octanol–water partition coefficient (Wildman–Crippen LogP) is 4.82. The van der Waals surface area contributed by atoms with E-state index in [4.69, 9.17) is 4.74 Å². The monoisotopic (exact) mass is 444 g/mol. The minimum Gasteiger partial charge on any atom is -0.452 e. The van der Waals surface area contributed by atoms with Gasteiger partial charge in [-0.15, -0.1) is 0 Å². The first kappa shape index (κ1) is 25.7. The van der Waals surface area contributed by atoms with Gasteiger partial charge in [-0.05, 0) is 58.4 Å². The lowest BCUT2D eigenvalue weighted by Gasteiger charge is -2.43. The highest BCUT2D eigenvalue weighted by Crippen LogP contribution is 2.50. The number of benzene rings is 1. The summed E-state index contributed by atoms with van der Waals surface area (Å²) in [6, 6.07) is 4.26. The summed E-state index contributed by atoms with van der Waals surface area (Å²) in [5.41, 5.74) is -9.91. The molecule has 0 unspecified atom stereocenters. The molecule has 0 aromatic heterocycles. The third-order valence-corrected chi connectivity index (χ3v) is 4.78. The molecule has 11 heteroatoms. The van der Waals surface area contributed by atoms with Crippen molar-refractivity contribution in [1.29, 1.82) is 0 Å². The van der Waals surface area contributed by atoms with Crippen LogP contribution in [0.4, 0.5) is 26.3 Å². The summed E-state index contributed by atoms with van der Waals surface area (Å²) in [5.74, 6) is -2.10. The van der Waals surface area contributed by atoms with Crippen molar-refractivity contribution in [2.75, 3.05) is 0 Å². The molecular weight excluding hydrogens is 422 g/mol. The largest absolute Gasteiger partial charge is 0.452 e. The molecule has 1 aromatic carbocycles. The Labute approximate surface area is 169 Å². The maximum Gasteiger partial charge on any atom is 0.430 e. The first-order chi connectivity index (χ1) is 13.3. The standard InChI is InChI=1S/C19H22F6O5/c1-6-15(2,3)14(27)29-12-9-7-11(8-10-12)13(26)30-16(4,5)17(28,18(20,21)22)19(23,24)25/h7-10,28H,6H2,1-5H3. The highest BCUT2D eigenvalue weighted by Gasteiger charge is 2.78. The molecule has 0 aliphatic heterocycles. The van der Waals surface area contributed by atoms with Gasteiger partial charge in [-0.2, -0.15) is 26.3 Å². The summed E-state index contributed by atoms with van der Waals surface area (Å²) in [6.45, 7) is 5.66. The van der Waals surface area contributed by atoms with Gasteiger partial charge in [0.05, 0.1) is 11.0 Å². The van der Waals surface area contributed by atoms with Gasteiger partial charge >= 0.3 is 24.3 Å². The Balaban J connectivity index is 3.08. The molecule has 0 atom stereocenters. The van der Waals surface area contributed by atoms with Crippen LogP contribution < -0.4 is 4.74 Å². The molecule has 0 fully saturated rings. The minimum atomic E-state index is -6.17. The van der Waals surface area contributed by atoms with Gasteiger partial charge in [-0.25, -0.2) is 4.79 Å². The summed E-state index contributed by atoms with van der Waals surface area (Å²) >= 11 is 0. The maximum absolute atomic E-state index is 13.0. The number of esters is 2. The molecule has 1 N–H and O–H groups in total. The van der Waals surface area contributed by atoms with Crippen LogP contribution in [0.2, 0.25) is 0 Å². The number of carbonyl (C=O) groups is 2. The van der Waals surface area contributed by atoms with Crippen molar-refractivity contribution in [3.63, 3.8) is 0 Å². The number of aliphatic hydroxyl groups is 1. The molecule has 0 aliphatic carbocycles. The van der Waals surface area contributed by atoms with Crippen LogP contribution in [0.5, 0.6) is 5.75 Å². The lowest BCUT2D eigenvalue weighted by molar-refractivity contribution is -0.406. The SMILES string of the molecule is CCC(C)(C)C(=O)Oc1ccc(C(=O)OC(C)(C)C(O)(C(F)(F)F)C(F)(F)F)cc1. The second kappa shape index (κ2) is 8.09. The molecule has 0 amide bonds. The summed E-state index contributed by atoms with van der Waals surface area (Å²) < 4.78 is 87.8. The van der Waals surface area contributed by atoms with Gasteiger partial charge in [0, 0.05) is 0 Å². The zero-order chi connectivity index (χ0) is 23.8. The van der Waals surface area contributed by atoms with Gasteiger partial charge in [-0.3, -0.25) is 4.79 Å². The number of alkyl halides is 6. The molecule has 0 saturated carbocycles. The summed E-state index contributed by atoms with van der Waals surface area (Å²) in [6.07, 6.45) is -11.9. The Hall–Kier alpha value is -2.30. The molecule has 30 heavy (non-hydrogen) atoms. The van der Waals surface area contributed by atoms with E-state index in [9.17, 15) is 41.0 Å². The number of ether oxygens (including phenoxy) is 2. The molecule has 0 radical (unpaired) electrons. The average Bonchev–Trinajstić information content (AvgIpc) is 2.58. The van der Waals surface area contributed by atoms with Crippen LogP contribution in [0, 0.1) is 5.41 Å². The molecule has 1 aromatic rings. The lowest BCUT2D eigenvalue weighted by Crippen LogP contribution is -2.69. The minimum absolute atomic E-state index is 0.0134. The third-order valence-electron chi connectivity index (χ3n) is 4.78. The molecule has 170 valence electrons. The number of carbonyl (C=O) groups excluding carboxylic acids is 2. The van der Waals surface area contributed by atoms with E-state index in [0.29, 0.717) is 20.3 Å². The molecule has 0 saturated heterocycles. The Morgan fingerprint density at radius 2 is 1.33 bits per heavy atom. The van der Waals surface area contributed by atoms with Gasteiger partial charge in [0.25, 0.3) is 5.60 Å². The van der Waals surface area contributed by atoms with E-state index in [1.54, 1.807) is 20.8 Å². The van der Waals surface area contributed by atoms with Crippen molar-refractivity contribution in [3.8, 4) is 5.75 Å². The number of halogens is 6. The Morgan fingerprint density at radius 3 is 1.70 bits per heavy atom. The normalized spacial score (nSPS) is 13.7. The Morgan fingerprint density at radius 1 is 0.900 bits per heavy atom. The fraction of sp³-hybridized carbons (Fsp3) is 0.579. The highest BCUT2D eigenvalue weighted by molar-refractivity contribution is 5.90. The lowest BCUT2D eigenvalue weighted by atomic mass is 9.84. The van der Waals surface area contributed by atoms with E-state index in [2.05, 4.69) is 4.74 Å². The number of hydrogen-bond acceptors (Lipinski definition) is 5. The van der Waals surface area contributed by atoms with E-state index >= 15 is 0 Å². The van der Waals surface area contributed by atoms with Gasteiger partial charge in [0.1, 0.15) is 5.75 Å². The van der Waals surface area contributed by atoms with E-state index in [-0.39, 0.29) is 5.75 Å². The maximum atomic E-state index is 13.0. The topological polar surface area (TPSA) is 72.8 Å². The van der Waals surface area contributed by atoms with Crippen molar-refractivity contribution >= 4 is 11.9 Å². The summed E-state index contributed by atoms with van der Waals surface area (Å²) in [5, 5.41) is 9.47. The van der Waals surface area contributed by atoms with Crippen LogP contribution in [0.15, 0.2) is 24.3 Å². The second-order valence-electron chi connectivity index (χ2n) is 7.76. The molecule has 0 aliphatic rings. The summed E-state index contributed by atoms with van der Waals surface area (Å²) in [4.78, 5) is 24.1. The van der Waals surface area contributed by atoms with Crippen molar-refractivity contribution in [2.45, 2.75) is 64.6 Å². The van der Waals surface area contributed by atoms with Crippen LogP contribution in [-0.2, 0) is 9.53 Å².